The molecule has 1 saturated carbocycles. The van der Waals surface area contributed by atoms with Gasteiger partial charge in [-0.3, -0.25) is 9.59 Å². The van der Waals surface area contributed by atoms with Gasteiger partial charge in [0.25, 0.3) is 11.8 Å². The van der Waals surface area contributed by atoms with E-state index in [2.05, 4.69) is 16.0 Å². The molecule has 6 heteroatoms. The third kappa shape index (κ3) is 5.92. The van der Waals surface area contributed by atoms with Crippen LogP contribution in [-0.4, -0.2) is 36.1 Å². The molecule has 0 spiro atoms. The Hall–Kier alpha value is -3.90. The molecule has 0 radical (unpaired) electrons. The molecule has 0 unspecified atom stereocenters. The summed E-state index contributed by atoms with van der Waals surface area (Å²) in [6.07, 6.45) is 7.33. The van der Waals surface area contributed by atoms with Gasteiger partial charge in [0, 0.05) is 30.7 Å². The van der Waals surface area contributed by atoms with Gasteiger partial charge in [-0.2, -0.15) is 0 Å². The molecule has 1 aliphatic carbocycles. The number of hydrogen-bond acceptors (Lipinski definition) is 4. The summed E-state index contributed by atoms with van der Waals surface area (Å²) in [5.41, 5.74) is 1.36. The summed E-state index contributed by atoms with van der Waals surface area (Å²) in [5, 5.41) is 23.5. The first kappa shape index (κ1) is 24.8. The lowest BCUT2D eigenvalue weighted by atomic mass is 9.95. The van der Waals surface area contributed by atoms with Crippen LogP contribution in [0.25, 0.3) is 21.5 Å². The molecule has 1 fully saturated rings. The van der Waals surface area contributed by atoms with Crippen molar-refractivity contribution in [2.45, 2.75) is 44.6 Å². The zero-order valence-corrected chi connectivity index (χ0v) is 20.9. The van der Waals surface area contributed by atoms with E-state index in [1.165, 1.54) is 32.1 Å². The quantitative estimate of drug-likeness (QED) is 0.217. The first-order valence-electron chi connectivity index (χ1n) is 13.2. The normalized spacial score (nSPS) is 14.1. The van der Waals surface area contributed by atoms with Crippen LogP contribution in [0.1, 0.15) is 60.7 Å². The second-order valence-corrected chi connectivity index (χ2v) is 9.81. The molecule has 0 aromatic heterocycles. The standard InChI is InChI=1S/C31H33N3O3.H2/c35-29-20-22-14-15-23(30(36)33-17-7-16-32-25-10-2-1-3-11-25)18-24(22)19-27(29)31(37)34-28-13-6-9-21-8-4-5-12-26(21)28;/h4-6,8-9,12-15,18-20,25,32,35H,1-3,7,10-11,16-17H2,(H,33,36)(H,34,37);1H. The topological polar surface area (TPSA) is 90.5 Å². The molecule has 4 aromatic carbocycles. The van der Waals surface area contributed by atoms with Gasteiger partial charge in [0.1, 0.15) is 5.75 Å². The smallest absolute Gasteiger partial charge is 0.259 e. The highest BCUT2D eigenvalue weighted by atomic mass is 16.3. The SMILES string of the molecule is O=C(NCCCNC1CCCCC1)c1ccc2cc(O)c(C(=O)Nc3cccc4ccccc34)cc2c1.[HH]. The number of carbonyl (C=O) groups excluding carboxylic acids is 2. The summed E-state index contributed by atoms with van der Waals surface area (Å²) in [5.74, 6) is -0.654. The molecule has 2 amide bonds. The summed E-state index contributed by atoms with van der Waals surface area (Å²) in [6.45, 7) is 1.50. The van der Waals surface area contributed by atoms with Crippen molar-refractivity contribution in [1.29, 1.82) is 0 Å². The Morgan fingerprint density at radius 3 is 2.49 bits per heavy atom. The predicted octanol–water partition coefficient (Wildman–Crippen LogP) is 6.24. The minimum Gasteiger partial charge on any atom is -0.507 e. The molecule has 192 valence electrons. The second kappa shape index (κ2) is 11.4. The fraction of sp³-hybridized carbons (Fsp3) is 0.290. The van der Waals surface area contributed by atoms with Gasteiger partial charge < -0.3 is 21.1 Å². The summed E-state index contributed by atoms with van der Waals surface area (Å²) in [7, 11) is 0. The lowest BCUT2D eigenvalue weighted by Gasteiger charge is -2.22. The maximum Gasteiger partial charge on any atom is 0.259 e. The number of aromatic hydroxyl groups is 1. The van der Waals surface area contributed by atoms with E-state index in [9.17, 15) is 14.7 Å². The molecule has 4 N–H and O–H groups in total. The van der Waals surface area contributed by atoms with E-state index in [1.807, 2.05) is 42.5 Å². The molecule has 5 rings (SSSR count). The fourth-order valence-corrected chi connectivity index (χ4v) is 5.14. The highest BCUT2D eigenvalue weighted by molar-refractivity contribution is 6.12. The maximum atomic E-state index is 13.1. The number of anilines is 1. The van der Waals surface area contributed by atoms with Crippen molar-refractivity contribution in [2.24, 2.45) is 0 Å². The van der Waals surface area contributed by atoms with Crippen molar-refractivity contribution in [3.05, 3.63) is 83.9 Å². The average Bonchev–Trinajstić information content (AvgIpc) is 2.93. The van der Waals surface area contributed by atoms with Crippen LogP contribution in [0.2, 0.25) is 0 Å². The number of phenolic OH excluding ortho intramolecular Hbond substituents is 1. The van der Waals surface area contributed by atoms with Crippen LogP contribution in [0.5, 0.6) is 5.75 Å². The summed E-state index contributed by atoms with van der Waals surface area (Å²) in [6, 6.07) is 22.6. The Morgan fingerprint density at radius 2 is 1.62 bits per heavy atom. The number of hydrogen-bond donors (Lipinski definition) is 4. The highest BCUT2D eigenvalue weighted by Crippen LogP contribution is 2.29. The molecule has 0 atom stereocenters. The molecule has 4 aromatic rings. The molecule has 1 aliphatic rings. The summed E-state index contributed by atoms with van der Waals surface area (Å²) < 4.78 is 0. The minimum atomic E-state index is -0.406. The van der Waals surface area contributed by atoms with Gasteiger partial charge in [-0.25, -0.2) is 0 Å². The lowest BCUT2D eigenvalue weighted by Crippen LogP contribution is -2.34. The van der Waals surface area contributed by atoms with Gasteiger partial charge in [-0.05, 0) is 72.3 Å². The van der Waals surface area contributed by atoms with E-state index in [0.29, 0.717) is 29.2 Å². The van der Waals surface area contributed by atoms with Gasteiger partial charge in [0.05, 0.1) is 5.56 Å². The monoisotopic (exact) mass is 497 g/mol. The molecule has 0 aliphatic heterocycles. The Balaban J connectivity index is 0.00000336. The second-order valence-electron chi connectivity index (χ2n) is 9.81. The molecule has 0 saturated heterocycles. The van der Waals surface area contributed by atoms with Crippen LogP contribution in [-0.2, 0) is 0 Å². The van der Waals surface area contributed by atoms with Gasteiger partial charge in [-0.15, -0.1) is 0 Å². The van der Waals surface area contributed by atoms with Crippen molar-refractivity contribution < 1.29 is 16.1 Å². The van der Waals surface area contributed by atoms with Crippen LogP contribution in [0.15, 0.2) is 72.8 Å². The largest absolute Gasteiger partial charge is 0.507 e. The summed E-state index contributed by atoms with van der Waals surface area (Å²) in [4.78, 5) is 25.8. The van der Waals surface area contributed by atoms with E-state index in [-0.39, 0.29) is 18.6 Å². The number of phenols is 1. The van der Waals surface area contributed by atoms with Gasteiger partial charge >= 0.3 is 0 Å². The van der Waals surface area contributed by atoms with Gasteiger partial charge in [0.15, 0.2) is 0 Å². The van der Waals surface area contributed by atoms with Crippen LogP contribution in [0, 0.1) is 0 Å². The number of carbonyl (C=O) groups is 2. The molecule has 37 heavy (non-hydrogen) atoms. The number of fused-ring (bicyclic) bond motifs is 2. The van der Waals surface area contributed by atoms with E-state index in [0.717, 1.165) is 29.1 Å². The zero-order valence-electron chi connectivity index (χ0n) is 20.9. The van der Waals surface area contributed by atoms with Crippen molar-refractivity contribution in [3.63, 3.8) is 0 Å². The van der Waals surface area contributed by atoms with E-state index < -0.39 is 5.91 Å². The summed E-state index contributed by atoms with van der Waals surface area (Å²) >= 11 is 0. The van der Waals surface area contributed by atoms with Gasteiger partial charge in [-0.1, -0.05) is 61.7 Å². The Kier molecular flexibility index (Phi) is 7.66. The third-order valence-corrected chi connectivity index (χ3v) is 7.18. The van der Waals surface area contributed by atoms with Gasteiger partial charge in [0.2, 0.25) is 0 Å². The Bertz CT molecular complexity index is 1430. The van der Waals surface area contributed by atoms with Crippen molar-refractivity contribution in [2.75, 3.05) is 18.4 Å². The predicted molar refractivity (Wildman–Crippen MR) is 151 cm³/mol. The molecule has 6 nitrogen and oxygen atoms in total. The van der Waals surface area contributed by atoms with Crippen LogP contribution < -0.4 is 16.0 Å². The minimum absolute atomic E-state index is 0. The van der Waals surface area contributed by atoms with E-state index in [1.54, 1.807) is 30.3 Å². The molecule has 0 bridgehead atoms. The van der Waals surface area contributed by atoms with E-state index in [4.69, 9.17) is 0 Å². The number of nitrogens with one attached hydrogen (secondary N) is 3. The van der Waals surface area contributed by atoms with Crippen molar-refractivity contribution in [1.82, 2.24) is 10.6 Å². The van der Waals surface area contributed by atoms with Crippen molar-refractivity contribution in [3.8, 4) is 5.75 Å². The van der Waals surface area contributed by atoms with Crippen molar-refractivity contribution >= 4 is 39.0 Å². The number of benzene rings is 4. The molecular formula is C31H35N3O3. The Morgan fingerprint density at radius 1 is 0.811 bits per heavy atom. The first-order chi connectivity index (χ1) is 18.1. The molecular weight excluding hydrogens is 462 g/mol. The zero-order chi connectivity index (χ0) is 25.6. The van der Waals surface area contributed by atoms with E-state index >= 15 is 0 Å². The third-order valence-electron chi connectivity index (χ3n) is 7.18. The van der Waals surface area contributed by atoms with Crippen LogP contribution in [0.4, 0.5) is 5.69 Å². The van der Waals surface area contributed by atoms with Crippen LogP contribution >= 0.6 is 0 Å². The Labute approximate surface area is 218 Å². The first-order valence-corrected chi connectivity index (χ1v) is 13.2. The number of amides is 2. The lowest BCUT2D eigenvalue weighted by molar-refractivity contribution is 0.0952. The fourth-order valence-electron chi connectivity index (χ4n) is 5.14. The van der Waals surface area contributed by atoms with Crippen LogP contribution in [0.3, 0.4) is 0 Å². The molecule has 0 heterocycles. The average molecular weight is 498 g/mol. The number of rotatable bonds is 8. The maximum absolute atomic E-state index is 13.1. The highest BCUT2D eigenvalue weighted by Gasteiger charge is 2.16.